The lowest BCUT2D eigenvalue weighted by molar-refractivity contribution is -0.117. The van der Waals surface area contributed by atoms with Crippen LogP contribution in [-0.4, -0.2) is 24.7 Å². The molecule has 0 unspecified atom stereocenters. The Bertz CT molecular complexity index is 705. The SMILES string of the molecule is Cc1cc(Cl)ccc1NCC(=O)N1CCSc2ccccc21. The highest BCUT2D eigenvalue weighted by Crippen LogP contribution is 2.34. The fraction of sp³-hybridized carbons (Fsp3) is 0.235. The minimum atomic E-state index is 0.0853. The van der Waals surface area contributed by atoms with Crippen LogP contribution in [0.4, 0.5) is 11.4 Å². The molecule has 1 aliphatic rings. The highest BCUT2D eigenvalue weighted by molar-refractivity contribution is 7.99. The van der Waals surface area contributed by atoms with Crippen LogP contribution in [0.2, 0.25) is 5.02 Å². The zero-order valence-corrected chi connectivity index (χ0v) is 13.9. The molecule has 1 heterocycles. The molecule has 1 N–H and O–H groups in total. The van der Waals surface area contributed by atoms with Crippen LogP contribution in [0.15, 0.2) is 47.4 Å². The third kappa shape index (κ3) is 3.23. The van der Waals surface area contributed by atoms with Gasteiger partial charge in [0, 0.05) is 27.9 Å². The average molecular weight is 333 g/mol. The number of aryl methyl sites for hydroxylation is 1. The number of hydrogen-bond donors (Lipinski definition) is 1. The van der Waals surface area contributed by atoms with Gasteiger partial charge in [0.15, 0.2) is 0 Å². The normalized spacial score (nSPS) is 13.6. The Morgan fingerprint density at radius 1 is 1.32 bits per heavy atom. The second kappa shape index (κ2) is 6.63. The Morgan fingerprint density at radius 2 is 2.14 bits per heavy atom. The van der Waals surface area contributed by atoms with Crippen LogP contribution in [0.25, 0.3) is 0 Å². The van der Waals surface area contributed by atoms with E-state index in [0.717, 1.165) is 29.2 Å². The van der Waals surface area contributed by atoms with E-state index in [1.165, 1.54) is 4.90 Å². The molecular weight excluding hydrogens is 316 g/mol. The smallest absolute Gasteiger partial charge is 0.246 e. The van der Waals surface area contributed by atoms with Crippen LogP contribution in [0.1, 0.15) is 5.56 Å². The quantitative estimate of drug-likeness (QED) is 0.914. The molecular formula is C17H17ClN2OS. The van der Waals surface area contributed by atoms with Gasteiger partial charge in [-0.3, -0.25) is 4.79 Å². The summed E-state index contributed by atoms with van der Waals surface area (Å²) in [7, 11) is 0. The highest BCUT2D eigenvalue weighted by Gasteiger charge is 2.22. The third-order valence-electron chi connectivity index (χ3n) is 3.65. The summed E-state index contributed by atoms with van der Waals surface area (Å²) < 4.78 is 0. The van der Waals surface area contributed by atoms with Crippen molar-refractivity contribution in [2.45, 2.75) is 11.8 Å². The van der Waals surface area contributed by atoms with Gasteiger partial charge in [0.2, 0.25) is 5.91 Å². The summed E-state index contributed by atoms with van der Waals surface area (Å²) >= 11 is 7.75. The van der Waals surface area contributed by atoms with Gasteiger partial charge in [-0.15, -0.1) is 11.8 Å². The van der Waals surface area contributed by atoms with Crippen molar-refractivity contribution in [1.82, 2.24) is 0 Å². The number of carbonyl (C=O) groups excluding carboxylic acids is 1. The molecule has 2 aromatic carbocycles. The van der Waals surface area contributed by atoms with Gasteiger partial charge >= 0.3 is 0 Å². The number of benzene rings is 2. The fourth-order valence-electron chi connectivity index (χ4n) is 2.52. The molecule has 1 amide bonds. The topological polar surface area (TPSA) is 32.3 Å². The van der Waals surface area contributed by atoms with Gasteiger partial charge in [0.25, 0.3) is 0 Å². The lowest BCUT2D eigenvalue weighted by Gasteiger charge is -2.29. The van der Waals surface area contributed by atoms with Crippen LogP contribution in [0.5, 0.6) is 0 Å². The summed E-state index contributed by atoms with van der Waals surface area (Å²) in [5.41, 5.74) is 2.99. The number of halogens is 1. The van der Waals surface area contributed by atoms with E-state index in [9.17, 15) is 4.79 Å². The first-order valence-corrected chi connectivity index (χ1v) is 8.54. The number of hydrogen-bond acceptors (Lipinski definition) is 3. The molecule has 0 radical (unpaired) electrons. The minimum absolute atomic E-state index is 0.0853. The molecule has 0 aromatic heterocycles. The number of carbonyl (C=O) groups is 1. The highest BCUT2D eigenvalue weighted by atomic mass is 35.5. The number of amides is 1. The molecule has 1 aliphatic heterocycles. The molecule has 0 bridgehead atoms. The summed E-state index contributed by atoms with van der Waals surface area (Å²) in [6.07, 6.45) is 0. The van der Waals surface area contributed by atoms with Crippen molar-refractivity contribution in [3.8, 4) is 0 Å². The van der Waals surface area contributed by atoms with Crippen molar-refractivity contribution in [2.24, 2.45) is 0 Å². The van der Waals surface area contributed by atoms with E-state index in [4.69, 9.17) is 11.6 Å². The van der Waals surface area contributed by atoms with Crippen molar-refractivity contribution in [3.05, 3.63) is 53.1 Å². The Labute approximate surface area is 139 Å². The Balaban J connectivity index is 1.70. The van der Waals surface area contributed by atoms with Gasteiger partial charge in [-0.05, 0) is 42.8 Å². The molecule has 0 fully saturated rings. The van der Waals surface area contributed by atoms with E-state index < -0.39 is 0 Å². The van der Waals surface area contributed by atoms with E-state index >= 15 is 0 Å². The van der Waals surface area contributed by atoms with E-state index in [0.29, 0.717) is 5.02 Å². The lowest BCUT2D eigenvalue weighted by atomic mass is 10.2. The minimum Gasteiger partial charge on any atom is -0.376 e. The molecule has 0 spiro atoms. The molecule has 0 atom stereocenters. The Morgan fingerprint density at radius 3 is 2.95 bits per heavy atom. The summed E-state index contributed by atoms with van der Waals surface area (Å²) in [5, 5.41) is 3.92. The first-order valence-electron chi connectivity index (χ1n) is 7.17. The maximum Gasteiger partial charge on any atom is 0.246 e. The molecule has 3 rings (SSSR count). The van der Waals surface area contributed by atoms with Gasteiger partial charge in [0.1, 0.15) is 0 Å². The van der Waals surface area contributed by atoms with Gasteiger partial charge in [-0.25, -0.2) is 0 Å². The standard InChI is InChI=1S/C17H17ClN2OS/c1-12-10-13(18)6-7-14(12)19-11-17(21)20-8-9-22-16-5-3-2-4-15(16)20/h2-7,10,19H,8-9,11H2,1H3. The van der Waals surface area contributed by atoms with Crippen molar-refractivity contribution in [3.63, 3.8) is 0 Å². The summed E-state index contributed by atoms with van der Waals surface area (Å²) in [6, 6.07) is 13.7. The van der Waals surface area contributed by atoms with Crippen molar-refractivity contribution in [2.75, 3.05) is 29.1 Å². The Kier molecular flexibility index (Phi) is 4.60. The number of nitrogens with zero attached hydrogens (tertiary/aromatic N) is 1. The Hall–Kier alpha value is -1.65. The van der Waals surface area contributed by atoms with Gasteiger partial charge in [0.05, 0.1) is 12.2 Å². The van der Waals surface area contributed by atoms with Crippen LogP contribution < -0.4 is 10.2 Å². The molecule has 3 nitrogen and oxygen atoms in total. The number of nitrogens with one attached hydrogen (secondary N) is 1. The lowest BCUT2D eigenvalue weighted by Crippen LogP contribution is -2.39. The predicted molar refractivity (Wildman–Crippen MR) is 94.2 cm³/mol. The summed E-state index contributed by atoms with van der Waals surface area (Å²) in [5.74, 6) is 1.02. The van der Waals surface area contributed by atoms with Crippen LogP contribution in [-0.2, 0) is 4.79 Å². The number of rotatable bonds is 3. The van der Waals surface area contributed by atoms with Crippen molar-refractivity contribution in [1.29, 1.82) is 0 Å². The number of anilines is 2. The molecule has 5 heteroatoms. The number of thioether (sulfide) groups is 1. The average Bonchev–Trinajstić information content (AvgIpc) is 2.53. The van der Waals surface area contributed by atoms with Gasteiger partial charge in [-0.2, -0.15) is 0 Å². The largest absolute Gasteiger partial charge is 0.376 e. The van der Waals surface area contributed by atoms with Crippen molar-refractivity contribution >= 4 is 40.6 Å². The monoisotopic (exact) mass is 332 g/mol. The van der Waals surface area contributed by atoms with Crippen LogP contribution in [0.3, 0.4) is 0 Å². The second-order valence-corrected chi connectivity index (χ2v) is 6.75. The maximum absolute atomic E-state index is 12.5. The van der Waals surface area contributed by atoms with Crippen LogP contribution in [0, 0.1) is 6.92 Å². The second-order valence-electron chi connectivity index (χ2n) is 5.17. The van der Waals surface area contributed by atoms with E-state index in [-0.39, 0.29) is 12.5 Å². The van der Waals surface area contributed by atoms with Crippen LogP contribution >= 0.6 is 23.4 Å². The third-order valence-corrected chi connectivity index (χ3v) is 4.93. The molecule has 22 heavy (non-hydrogen) atoms. The fourth-order valence-corrected chi connectivity index (χ4v) is 3.74. The van der Waals surface area contributed by atoms with Crippen molar-refractivity contribution < 1.29 is 4.79 Å². The number of para-hydroxylation sites is 1. The zero-order valence-electron chi connectivity index (χ0n) is 12.3. The summed E-state index contributed by atoms with van der Waals surface area (Å²) in [4.78, 5) is 15.6. The molecule has 0 saturated carbocycles. The first kappa shape index (κ1) is 15.3. The predicted octanol–water partition coefficient (Wildman–Crippen LogP) is 4.20. The molecule has 0 aliphatic carbocycles. The van der Waals surface area contributed by atoms with Gasteiger partial charge in [-0.1, -0.05) is 23.7 Å². The number of fused-ring (bicyclic) bond motifs is 1. The summed E-state index contributed by atoms with van der Waals surface area (Å²) in [6.45, 7) is 3.01. The zero-order chi connectivity index (χ0) is 15.5. The molecule has 2 aromatic rings. The first-order chi connectivity index (χ1) is 10.6. The van der Waals surface area contributed by atoms with E-state index in [1.807, 2.05) is 48.2 Å². The van der Waals surface area contributed by atoms with E-state index in [1.54, 1.807) is 11.8 Å². The maximum atomic E-state index is 12.5. The van der Waals surface area contributed by atoms with Gasteiger partial charge < -0.3 is 10.2 Å². The molecule has 0 saturated heterocycles. The van der Waals surface area contributed by atoms with E-state index in [2.05, 4.69) is 11.4 Å². The molecule has 114 valence electrons.